The second-order valence-corrected chi connectivity index (χ2v) is 4.70. The van der Waals surface area contributed by atoms with Crippen LogP contribution in [0, 0.1) is 17.0 Å². The van der Waals surface area contributed by atoms with Crippen molar-refractivity contribution in [2.24, 2.45) is 5.41 Å². The van der Waals surface area contributed by atoms with Gasteiger partial charge in [-0.15, -0.1) is 0 Å². The Morgan fingerprint density at radius 1 is 1.33 bits per heavy atom. The van der Waals surface area contributed by atoms with E-state index in [4.69, 9.17) is 4.74 Å². The van der Waals surface area contributed by atoms with Gasteiger partial charge in [-0.25, -0.2) is 4.39 Å². The number of hydrogen-bond acceptors (Lipinski definition) is 1. The van der Waals surface area contributed by atoms with Crippen molar-refractivity contribution in [1.82, 2.24) is 0 Å². The lowest BCUT2D eigenvalue weighted by molar-refractivity contribution is 0.194. The number of ether oxygens (including phenoxy) is 1. The van der Waals surface area contributed by atoms with Gasteiger partial charge in [0, 0.05) is 10.7 Å². The van der Waals surface area contributed by atoms with E-state index in [2.05, 4.69) is 15.9 Å². The van der Waals surface area contributed by atoms with Crippen LogP contribution < -0.4 is 4.74 Å². The Labute approximate surface area is 96.6 Å². The van der Waals surface area contributed by atoms with Gasteiger partial charge in [0.05, 0.1) is 6.61 Å². The van der Waals surface area contributed by atoms with Crippen LogP contribution in [0.5, 0.6) is 5.75 Å². The topological polar surface area (TPSA) is 9.23 Å². The Morgan fingerprint density at radius 3 is 2.60 bits per heavy atom. The Hall–Kier alpha value is -0.640. The highest BCUT2D eigenvalue weighted by Crippen LogP contribution is 2.23. The Kier molecular flexibility index (Phi) is 4.08. The summed E-state index contributed by atoms with van der Waals surface area (Å²) < 4.78 is 31.2. The molecule has 1 aromatic rings. The molecule has 1 aromatic carbocycles. The smallest absolute Gasteiger partial charge is 0.200 e. The number of benzene rings is 1. The molecule has 0 spiro atoms. The van der Waals surface area contributed by atoms with Crippen molar-refractivity contribution in [3.05, 3.63) is 29.8 Å². The predicted molar refractivity (Wildman–Crippen MR) is 59.4 cm³/mol. The average molecular weight is 279 g/mol. The molecule has 0 aliphatic carbocycles. The minimum Gasteiger partial charge on any atom is -0.490 e. The van der Waals surface area contributed by atoms with Crippen molar-refractivity contribution in [3.63, 3.8) is 0 Å². The summed E-state index contributed by atoms with van der Waals surface area (Å²) in [7, 11) is 0. The highest BCUT2D eigenvalue weighted by Gasteiger charge is 2.18. The summed E-state index contributed by atoms with van der Waals surface area (Å²) in [6, 6.07) is 3.91. The van der Waals surface area contributed by atoms with E-state index >= 15 is 0 Å². The van der Waals surface area contributed by atoms with Crippen molar-refractivity contribution in [2.45, 2.75) is 13.8 Å². The molecule has 1 nitrogen and oxygen atoms in total. The molecule has 0 saturated heterocycles. The number of rotatable bonds is 4. The highest BCUT2D eigenvalue weighted by atomic mass is 79.9. The van der Waals surface area contributed by atoms with E-state index in [-0.39, 0.29) is 11.2 Å². The lowest BCUT2D eigenvalue weighted by Gasteiger charge is -2.21. The Morgan fingerprint density at radius 2 is 2.00 bits per heavy atom. The molecule has 0 aliphatic rings. The molecule has 0 aromatic heterocycles. The third-order valence-corrected chi connectivity index (χ3v) is 3.41. The van der Waals surface area contributed by atoms with Gasteiger partial charge in [-0.05, 0) is 12.1 Å². The second kappa shape index (κ2) is 4.92. The molecular formula is C11H13BrF2O. The average Bonchev–Trinajstić information content (AvgIpc) is 2.20. The molecule has 0 amide bonds. The molecule has 4 heteroatoms. The summed E-state index contributed by atoms with van der Waals surface area (Å²) in [6.45, 7) is 4.27. The molecular weight excluding hydrogens is 266 g/mol. The van der Waals surface area contributed by atoms with Crippen molar-refractivity contribution >= 4 is 15.9 Å². The van der Waals surface area contributed by atoms with Crippen LogP contribution >= 0.6 is 15.9 Å². The van der Waals surface area contributed by atoms with Crippen molar-refractivity contribution in [3.8, 4) is 5.75 Å². The molecule has 0 saturated carbocycles. The zero-order valence-electron chi connectivity index (χ0n) is 8.69. The van der Waals surface area contributed by atoms with Gasteiger partial charge in [0.1, 0.15) is 0 Å². The molecule has 0 fully saturated rings. The summed E-state index contributed by atoms with van der Waals surface area (Å²) in [4.78, 5) is 0. The zero-order chi connectivity index (χ0) is 11.5. The third kappa shape index (κ3) is 3.45. The first kappa shape index (κ1) is 12.4. The van der Waals surface area contributed by atoms with Crippen LogP contribution in [0.2, 0.25) is 0 Å². The van der Waals surface area contributed by atoms with Gasteiger partial charge >= 0.3 is 0 Å². The van der Waals surface area contributed by atoms with E-state index < -0.39 is 11.6 Å². The van der Waals surface area contributed by atoms with Crippen LogP contribution in [-0.4, -0.2) is 11.9 Å². The lowest BCUT2D eigenvalue weighted by Crippen LogP contribution is -2.23. The summed E-state index contributed by atoms with van der Waals surface area (Å²) in [5, 5.41) is 0.733. The largest absolute Gasteiger partial charge is 0.490 e. The van der Waals surface area contributed by atoms with E-state index in [0.29, 0.717) is 6.61 Å². The molecule has 0 atom stereocenters. The molecule has 1 rings (SSSR count). The van der Waals surface area contributed by atoms with Crippen LogP contribution in [-0.2, 0) is 0 Å². The van der Waals surface area contributed by atoms with Crippen LogP contribution in [0.15, 0.2) is 18.2 Å². The van der Waals surface area contributed by atoms with Gasteiger partial charge in [0.25, 0.3) is 0 Å². The molecule has 15 heavy (non-hydrogen) atoms. The van der Waals surface area contributed by atoms with E-state index in [9.17, 15) is 8.78 Å². The van der Waals surface area contributed by atoms with Gasteiger partial charge in [-0.1, -0.05) is 35.8 Å². The minimum absolute atomic E-state index is 0.0379. The maximum absolute atomic E-state index is 13.2. The molecule has 0 N–H and O–H groups in total. The number of hydrogen-bond donors (Lipinski definition) is 0. The first-order chi connectivity index (χ1) is 6.96. The van der Waals surface area contributed by atoms with Gasteiger partial charge in [0.15, 0.2) is 11.6 Å². The monoisotopic (exact) mass is 278 g/mol. The quantitative estimate of drug-likeness (QED) is 0.762. The SMILES string of the molecule is CC(C)(CBr)COc1cccc(F)c1F. The van der Waals surface area contributed by atoms with E-state index in [1.807, 2.05) is 13.8 Å². The molecule has 0 unspecified atom stereocenters. The Bertz CT molecular complexity index is 339. The minimum atomic E-state index is -0.928. The van der Waals surface area contributed by atoms with Gasteiger partial charge < -0.3 is 4.74 Å². The fourth-order valence-electron chi connectivity index (χ4n) is 0.907. The molecule has 0 heterocycles. The normalized spacial score (nSPS) is 11.5. The summed E-state index contributed by atoms with van der Waals surface area (Å²) in [6.07, 6.45) is 0. The van der Waals surface area contributed by atoms with E-state index in [0.717, 1.165) is 11.4 Å². The number of alkyl halides is 1. The predicted octanol–water partition coefficient (Wildman–Crippen LogP) is 3.76. The molecule has 0 bridgehead atoms. The van der Waals surface area contributed by atoms with Crippen molar-refractivity contribution in [2.75, 3.05) is 11.9 Å². The van der Waals surface area contributed by atoms with Crippen molar-refractivity contribution < 1.29 is 13.5 Å². The van der Waals surface area contributed by atoms with Crippen LogP contribution in [0.4, 0.5) is 8.78 Å². The maximum atomic E-state index is 13.2. The fraction of sp³-hybridized carbons (Fsp3) is 0.455. The third-order valence-electron chi connectivity index (χ3n) is 1.90. The van der Waals surface area contributed by atoms with Crippen LogP contribution in [0.1, 0.15) is 13.8 Å². The molecule has 84 valence electrons. The number of halogens is 3. The molecule has 0 radical (unpaired) electrons. The van der Waals surface area contributed by atoms with E-state index in [1.165, 1.54) is 12.1 Å². The maximum Gasteiger partial charge on any atom is 0.200 e. The summed E-state index contributed by atoms with van der Waals surface area (Å²) in [5.74, 6) is -1.85. The highest BCUT2D eigenvalue weighted by molar-refractivity contribution is 9.09. The van der Waals surface area contributed by atoms with Gasteiger partial charge in [0.2, 0.25) is 5.82 Å². The standard InChI is InChI=1S/C11H13BrF2O/c1-11(2,6-12)7-15-9-5-3-4-8(13)10(9)14/h3-5H,6-7H2,1-2H3. The lowest BCUT2D eigenvalue weighted by atomic mass is 9.98. The van der Waals surface area contributed by atoms with Crippen LogP contribution in [0.25, 0.3) is 0 Å². The second-order valence-electron chi connectivity index (χ2n) is 4.14. The van der Waals surface area contributed by atoms with Crippen LogP contribution in [0.3, 0.4) is 0 Å². The first-order valence-corrected chi connectivity index (χ1v) is 5.71. The first-order valence-electron chi connectivity index (χ1n) is 4.59. The fourth-order valence-corrected chi connectivity index (χ4v) is 1.07. The van der Waals surface area contributed by atoms with Crippen molar-refractivity contribution in [1.29, 1.82) is 0 Å². The zero-order valence-corrected chi connectivity index (χ0v) is 10.3. The van der Waals surface area contributed by atoms with Gasteiger partial charge in [-0.2, -0.15) is 4.39 Å². The van der Waals surface area contributed by atoms with Gasteiger partial charge in [-0.3, -0.25) is 0 Å². The summed E-state index contributed by atoms with van der Waals surface area (Å²) in [5.41, 5.74) is -0.112. The molecule has 0 aliphatic heterocycles. The van der Waals surface area contributed by atoms with E-state index in [1.54, 1.807) is 0 Å². The summed E-state index contributed by atoms with van der Waals surface area (Å²) >= 11 is 3.33. The Balaban J connectivity index is 2.70.